The van der Waals surface area contributed by atoms with Crippen LogP contribution >= 0.6 is 0 Å². The van der Waals surface area contributed by atoms with Gasteiger partial charge in [-0.25, -0.2) is 0 Å². The molecule has 5 heteroatoms. The number of benzene rings is 1. The molecule has 118 valence electrons. The van der Waals surface area contributed by atoms with Crippen LogP contribution < -0.4 is 10.5 Å². The summed E-state index contributed by atoms with van der Waals surface area (Å²) in [6.07, 6.45) is 2.73. The minimum absolute atomic E-state index is 0.159. The number of nitrogens with zero attached hydrogens (tertiary/aromatic N) is 1. The number of ether oxygens (including phenoxy) is 1. The summed E-state index contributed by atoms with van der Waals surface area (Å²) in [4.78, 5) is 2.16. The van der Waals surface area contributed by atoms with Crippen LogP contribution in [0.5, 0.6) is 5.75 Å². The third-order valence-corrected chi connectivity index (χ3v) is 3.98. The van der Waals surface area contributed by atoms with E-state index in [2.05, 4.69) is 4.90 Å². The molecular weight excluding hydrogens is 268 g/mol. The van der Waals surface area contributed by atoms with Crippen LogP contribution in [0.1, 0.15) is 24.8 Å². The number of likely N-dealkylation sites (tertiary alicyclic amines) is 1. The number of rotatable bonds is 7. The van der Waals surface area contributed by atoms with E-state index in [0.717, 1.165) is 37.1 Å². The monoisotopic (exact) mass is 294 g/mol. The van der Waals surface area contributed by atoms with Crippen molar-refractivity contribution in [2.24, 2.45) is 5.73 Å². The molecule has 1 aliphatic rings. The van der Waals surface area contributed by atoms with Crippen LogP contribution in [0.2, 0.25) is 0 Å². The van der Waals surface area contributed by atoms with E-state index in [4.69, 9.17) is 10.5 Å². The molecule has 0 aliphatic carbocycles. The number of aliphatic hydroxyl groups excluding tert-OH is 2. The molecule has 4 N–H and O–H groups in total. The van der Waals surface area contributed by atoms with Crippen molar-refractivity contribution in [3.05, 3.63) is 29.8 Å². The second-order valence-electron chi connectivity index (χ2n) is 5.64. The van der Waals surface area contributed by atoms with Gasteiger partial charge in [-0.05, 0) is 37.1 Å². The number of β-amino-alcohol motifs (C(OH)–C–C–N with tert-alkyl or cyclic N) is 1. The van der Waals surface area contributed by atoms with Gasteiger partial charge in [-0.2, -0.15) is 0 Å². The second-order valence-corrected chi connectivity index (χ2v) is 5.64. The molecule has 0 radical (unpaired) electrons. The predicted molar refractivity (Wildman–Crippen MR) is 82.1 cm³/mol. The molecule has 0 amide bonds. The molecule has 0 spiro atoms. The summed E-state index contributed by atoms with van der Waals surface area (Å²) in [6, 6.07) is 7.78. The molecular formula is C16H26N2O3. The molecule has 0 aromatic heterocycles. The third-order valence-electron chi connectivity index (χ3n) is 3.98. The Hall–Kier alpha value is -1.14. The molecule has 1 fully saturated rings. The zero-order chi connectivity index (χ0) is 15.1. The maximum atomic E-state index is 10.1. The summed E-state index contributed by atoms with van der Waals surface area (Å²) in [5.74, 6) is 0.731. The van der Waals surface area contributed by atoms with E-state index in [1.54, 1.807) is 0 Å². The minimum Gasteiger partial charge on any atom is -0.491 e. The largest absolute Gasteiger partial charge is 0.491 e. The number of piperidine rings is 1. The maximum absolute atomic E-state index is 10.1. The fraction of sp³-hybridized carbons (Fsp3) is 0.625. The average molecular weight is 294 g/mol. The van der Waals surface area contributed by atoms with Gasteiger partial charge in [-0.15, -0.1) is 0 Å². The standard InChI is InChI=1S/C16H26N2O3/c17-9-13-4-3-6-16(8-13)21-12-15(20)10-18-7-2-1-5-14(18)11-19/h3-4,6,8,14-15,19-20H,1-2,5,7,9-12,17H2. The maximum Gasteiger partial charge on any atom is 0.119 e. The molecule has 2 unspecified atom stereocenters. The van der Waals surface area contributed by atoms with E-state index in [1.165, 1.54) is 0 Å². The van der Waals surface area contributed by atoms with E-state index >= 15 is 0 Å². The molecule has 1 aliphatic heterocycles. The Kier molecular flexibility index (Phi) is 6.45. The molecule has 2 atom stereocenters. The zero-order valence-corrected chi connectivity index (χ0v) is 12.4. The highest BCUT2D eigenvalue weighted by molar-refractivity contribution is 5.28. The van der Waals surface area contributed by atoms with E-state index in [0.29, 0.717) is 13.1 Å². The van der Waals surface area contributed by atoms with Crippen molar-refractivity contribution < 1.29 is 14.9 Å². The molecule has 5 nitrogen and oxygen atoms in total. The Morgan fingerprint density at radius 2 is 2.24 bits per heavy atom. The van der Waals surface area contributed by atoms with Gasteiger partial charge in [0.1, 0.15) is 18.5 Å². The molecule has 1 saturated heterocycles. The molecule has 1 heterocycles. The van der Waals surface area contributed by atoms with Gasteiger partial charge in [0.15, 0.2) is 0 Å². The first-order valence-electron chi connectivity index (χ1n) is 7.67. The van der Waals surface area contributed by atoms with Crippen molar-refractivity contribution >= 4 is 0 Å². The minimum atomic E-state index is -0.557. The van der Waals surface area contributed by atoms with Crippen molar-refractivity contribution in [3.8, 4) is 5.75 Å². The first-order valence-corrected chi connectivity index (χ1v) is 7.67. The Labute approximate surface area is 126 Å². The van der Waals surface area contributed by atoms with Crippen LogP contribution in [0, 0.1) is 0 Å². The predicted octanol–water partition coefficient (Wildman–Crippen LogP) is 0.732. The van der Waals surface area contributed by atoms with Gasteiger partial charge in [0.05, 0.1) is 6.61 Å². The van der Waals surface area contributed by atoms with Crippen molar-refractivity contribution in [3.63, 3.8) is 0 Å². The number of hydrogen-bond donors (Lipinski definition) is 3. The molecule has 1 aromatic carbocycles. The van der Waals surface area contributed by atoms with E-state index in [9.17, 15) is 10.2 Å². The fourth-order valence-corrected chi connectivity index (χ4v) is 2.79. The van der Waals surface area contributed by atoms with Crippen molar-refractivity contribution in [2.45, 2.75) is 38.0 Å². The van der Waals surface area contributed by atoms with E-state index in [1.807, 2.05) is 24.3 Å². The Bertz CT molecular complexity index is 428. The van der Waals surface area contributed by atoms with Crippen LogP contribution in [0.15, 0.2) is 24.3 Å². The zero-order valence-electron chi connectivity index (χ0n) is 12.4. The van der Waals surface area contributed by atoms with E-state index < -0.39 is 6.10 Å². The topological polar surface area (TPSA) is 79.0 Å². The highest BCUT2D eigenvalue weighted by Crippen LogP contribution is 2.17. The lowest BCUT2D eigenvalue weighted by Gasteiger charge is -2.35. The summed E-state index contributed by atoms with van der Waals surface area (Å²) in [5, 5.41) is 19.5. The first-order chi connectivity index (χ1) is 10.2. The lowest BCUT2D eigenvalue weighted by atomic mass is 10.0. The molecule has 2 rings (SSSR count). The highest BCUT2D eigenvalue weighted by Gasteiger charge is 2.23. The lowest BCUT2D eigenvalue weighted by Crippen LogP contribution is -2.46. The molecule has 0 saturated carbocycles. The van der Waals surface area contributed by atoms with Crippen LogP contribution in [0.3, 0.4) is 0 Å². The normalized spacial score (nSPS) is 21.2. The van der Waals surface area contributed by atoms with Gasteiger partial charge in [-0.3, -0.25) is 4.90 Å². The van der Waals surface area contributed by atoms with Crippen LogP contribution in [-0.2, 0) is 6.54 Å². The third kappa shape index (κ3) is 4.97. The number of aliphatic hydroxyl groups is 2. The van der Waals surface area contributed by atoms with Crippen molar-refractivity contribution in [1.82, 2.24) is 4.90 Å². The van der Waals surface area contributed by atoms with Crippen LogP contribution in [-0.4, -0.2) is 53.6 Å². The average Bonchev–Trinajstić information content (AvgIpc) is 2.53. The Balaban J connectivity index is 1.79. The lowest BCUT2D eigenvalue weighted by molar-refractivity contribution is 0.0232. The van der Waals surface area contributed by atoms with Crippen molar-refractivity contribution in [2.75, 3.05) is 26.3 Å². The smallest absolute Gasteiger partial charge is 0.119 e. The van der Waals surface area contributed by atoms with Crippen LogP contribution in [0.25, 0.3) is 0 Å². The highest BCUT2D eigenvalue weighted by atomic mass is 16.5. The van der Waals surface area contributed by atoms with Crippen LogP contribution in [0.4, 0.5) is 0 Å². The van der Waals surface area contributed by atoms with Gasteiger partial charge >= 0.3 is 0 Å². The summed E-state index contributed by atoms with van der Waals surface area (Å²) >= 11 is 0. The van der Waals surface area contributed by atoms with Gasteiger partial charge < -0.3 is 20.7 Å². The van der Waals surface area contributed by atoms with Gasteiger partial charge in [0.25, 0.3) is 0 Å². The quantitative estimate of drug-likeness (QED) is 0.691. The molecule has 0 bridgehead atoms. The summed E-state index contributed by atoms with van der Waals surface area (Å²) < 4.78 is 5.63. The SMILES string of the molecule is NCc1cccc(OCC(O)CN2CCCCC2CO)c1. The summed E-state index contributed by atoms with van der Waals surface area (Å²) in [6.45, 7) is 2.37. The first kappa shape index (κ1) is 16.2. The van der Waals surface area contributed by atoms with E-state index in [-0.39, 0.29) is 19.3 Å². The number of hydrogen-bond acceptors (Lipinski definition) is 5. The Morgan fingerprint density at radius 3 is 3.00 bits per heavy atom. The van der Waals surface area contributed by atoms with Gasteiger partial charge in [-0.1, -0.05) is 18.6 Å². The second kappa shape index (κ2) is 8.34. The number of nitrogens with two attached hydrogens (primary N) is 1. The summed E-state index contributed by atoms with van der Waals surface area (Å²) in [5.41, 5.74) is 6.61. The molecule has 21 heavy (non-hydrogen) atoms. The van der Waals surface area contributed by atoms with Crippen molar-refractivity contribution in [1.29, 1.82) is 0 Å². The Morgan fingerprint density at radius 1 is 1.38 bits per heavy atom. The fourth-order valence-electron chi connectivity index (χ4n) is 2.79. The molecule has 1 aromatic rings. The summed E-state index contributed by atoms with van der Waals surface area (Å²) in [7, 11) is 0. The van der Waals surface area contributed by atoms with Gasteiger partial charge in [0.2, 0.25) is 0 Å². The van der Waals surface area contributed by atoms with Gasteiger partial charge in [0, 0.05) is 19.1 Å².